The molecular weight excluding hydrogens is 296 g/mol. The molecule has 0 spiro atoms. The maximum atomic E-state index is 12.9. The number of ketones is 1. The van der Waals surface area contributed by atoms with Gasteiger partial charge in [0.05, 0.1) is 23.2 Å². The van der Waals surface area contributed by atoms with Gasteiger partial charge in [-0.1, -0.05) is 18.2 Å². The summed E-state index contributed by atoms with van der Waals surface area (Å²) in [7, 11) is 0. The number of ether oxygens (including phenoxy) is 1. The first-order valence-corrected chi connectivity index (χ1v) is 8.02. The minimum absolute atomic E-state index is 0.161. The van der Waals surface area contributed by atoms with Gasteiger partial charge in [0, 0.05) is 18.1 Å². The number of carbonyl (C=O) groups excluding carboxylic acids is 1. The number of hydrogen-bond donors (Lipinski definition) is 3. The Balaban J connectivity index is 2.54. The number of hydrogen-bond acceptors (Lipinski definition) is 5. The van der Waals surface area contributed by atoms with Crippen LogP contribution in [-0.4, -0.2) is 45.5 Å². The van der Waals surface area contributed by atoms with E-state index < -0.39 is 29.1 Å². The number of allylic oxidation sites excluding steroid dienone is 4. The highest BCUT2D eigenvalue weighted by atomic mass is 16.5. The van der Waals surface area contributed by atoms with Gasteiger partial charge >= 0.3 is 0 Å². The van der Waals surface area contributed by atoms with Crippen molar-refractivity contribution in [2.24, 2.45) is 11.3 Å². The second-order valence-electron chi connectivity index (χ2n) is 6.66. The van der Waals surface area contributed by atoms with E-state index in [0.29, 0.717) is 13.0 Å². The molecule has 3 saturated carbocycles. The Morgan fingerprint density at radius 2 is 2.04 bits per heavy atom. The summed E-state index contributed by atoms with van der Waals surface area (Å²) in [6.45, 7) is 7.21. The summed E-state index contributed by atoms with van der Waals surface area (Å²) in [5.74, 6) is -1.18. The molecule has 3 aliphatic carbocycles. The molecule has 0 amide bonds. The molecule has 0 aromatic heterocycles. The van der Waals surface area contributed by atoms with E-state index >= 15 is 0 Å². The minimum atomic E-state index is -1.49. The molecule has 0 saturated heterocycles. The minimum Gasteiger partial charge on any atom is -0.508 e. The predicted molar refractivity (Wildman–Crippen MR) is 86.9 cm³/mol. The molecule has 0 radical (unpaired) electrons. The molecule has 3 N–H and O–H groups in total. The molecule has 0 aromatic carbocycles. The molecule has 2 bridgehead atoms. The summed E-state index contributed by atoms with van der Waals surface area (Å²) in [6, 6.07) is 0. The van der Waals surface area contributed by atoms with E-state index in [2.05, 4.69) is 0 Å². The van der Waals surface area contributed by atoms with Crippen LogP contribution in [0, 0.1) is 11.3 Å². The molecule has 0 aromatic rings. The van der Waals surface area contributed by atoms with Crippen LogP contribution in [0.5, 0.6) is 0 Å². The van der Waals surface area contributed by atoms with Gasteiger partial charge in [-0.05, 0) is 40.2 Å². The summed E-state index contributed by atoms with van der Waals surface area (Å²) in [5, 5.41) is 31.7. The number of aliphatic hydroxyl groups excluding tert-OH is 2. The van der Waals surface area contributed by atoms with Gasteiger partial charge in [-0.3, -0.25) is 4.79 Å². The van der Waals surface area contributed by atoms with E-state index in [1.807, 2.05) is 13.8 Å². The van der Waals surface area contributed by atoms with Crippen LogP contribution in [0.3, 0.4) is 0 Å². The first-order chi connectivity index (χ1) is 10.7. The Labute approximate surface area is 137 Å². The summed E-state index contributed by atoms with van der Waals surface area (Å²) in [4.78, 5) is 12.9. The maximum Gasteiger partial charge on any atom is 0.174 e. The molecular formula is C18H26O5. The summed E-state index contributed by atoms with van der Waals surface area (Å²) < 4.78 is 5.66. The van der Waals surface area contributed by atoms with Crippen molar-refractivity contribution >= 4 is 5.78 Å². The topological polar surface area (TPSA) is 87.0 Å². The van der Waals surface area contributed by atoms with Gasteiger partial charge < -0.3 is 20.1 Å². The van der Waals surface area contributed by atoms with E-state index in [1.54, 1.807) is 25.2 Å². The monoisotopic (exact) mass is 322 g/mol. The summed E-state index contributed by atoms with van der Waals surface area (Å²) in [6.07, 6.45) is 5.28. The van der Waals surface area contributed by atoms with Crippen molar-refractivity contribution < 1.29 is 24.9 Å². The average molecular weight is 322 g/mol. The number of Topliss-reactive ketones (excluding diaryl/α,β-unsaturated/α-hetero) is 1. The van der Waals surface area contributed by atoms with Crippen LogP contribution in [0.25, 0.3) is 0 Å². The standard InChI is InChI=1S/C18H26O5/c1-5-7-8-9-12(19)14-11-10-13(23-6-2)17(3,15(14)20)16(21)18(11,4)22/h5,7-9,11,13,16,19,21-22H,6,10H2,1-4H3. The zero-order valence-corrected chi connectivity index (χ0v) is 14.1. The zero-order chi connectivity index (χ0) is 17.4. The van der Waals surface area contributed by atoms with Crippen molar-refractivity contribution in [1.29, 1.82) is 0 Å². The smallest absolute Gasteiger partial charge is 0.174 e. The summed E-state index contributed by atoms with van der Waals surface area (Å²) >= 11 is 0. The van der Waals surface area contributed by atoms with E-state index in [-0.39, 0.29) is 17.1 Å². The molecule has 3 aliphatic rings. The van der Waals surface area contributed by atoms with Gasteiger partial charge in [-0.25, -0.2) is 0 Å². The van der Waals surface area contributed by atoms with Crippen LogP contribution < -0.4 is 0 Å². The average Bonchev–Trinajstić information content (AvgIpc) is 2.49. The molecule has 5 unspecified atom stereocenters. The molecule has 0 heterocycles. The molecule has 23 heavy (non-hydrogen) atoms. The maximum absolute atomic E-state index is 12.9. The first kappa shape index (κ1) is 17.9. The fourth-order valence-corrected chi connectivity index (χ4v) is 3.88. The third-order valence-electron chi connectivity index (χ3n) is 5.23. The van der Waals surface area contributed by atoms with Crippen LogP contribution in [-0.2, 0) is 9.53 Å². The van der Waals surface area contributed by atoms with Crippen LogP contribution in [0.4, 0.5) is 0 Å². The van der Waals surface area contributed by atoms with Gasteiger partial charge in [0.2, 0.25) is 0 Å². The molecule has 5 nitrogen and oxygen atoms in total. The molecule has 3 fully saturated rings. The van der Waals surface area contributed by atoms with Crippen LogP contribution in [0.15, 0.2) is 35.6 Å². The van der Waals surface area contributed by atoms with Crippen LogP contribution >= 0.6 is 0 Å². The number of rotatable bonds is 4. The quantitative estimate of drug-likeness (QED) is 0.419. The lowest BCUT2D eigenvalue weighted by atomic mass is 9.49. The SMILES string of the molecule is CC=CC=CC(O)=C1C(=O)C2(C)C(OCC)CC1C(C)(O)C2O. The Bertz CT molecular complexity index is 572. The third kappa shape index (κ3) is 2.57. The molecule has 3 rings (SSSR count). The van der Waals surface area contributed by atoms with Gasteiger partial charge in [-0.15, -0.1) is 0 Å². The van der Waals surface area contributed by atoms with E-state index in [0.717, 1.165) is 0 Å². The Morgan fingerprint density at radius 1 is 1.39 bits per heavy atom. The fourth-order valence-electron chi connectivity index (χ4n) is 3.88. The van der Waals surface area contributed by atoms with E-state index in [9.17, 15) is 20.1 Å². The largest absolute Gasteiger partial charge is 0.508 e. The van der Waals surface area contributed by atoms with Gasteiger partial charge in [0.1, 0.15) is 5.76 Å². The Hall–Kier alpha value is -1.43. The van der Waals surface area contributed by atoms with Crippen molar-refractivity contribution in [3.63, 3.8) is 0 Å². The second kappa shape index (κ2) is 6.23. The van der Waals surface area contributed by atoms with E-state index in [4.69, 9.17) is 4.74 Å². The Morgan fingerprint density at radius 3 is 2.61 bits per heavy atom. The number of fused-ring (bicyclic) bond motifs is 3. The van der Waals surface area contributed by atoms with Crippen molar-refractivity contribution in [2.45, 2.75) is 51.9 Å². The number of aliphatic hydroxyl groups is 3. The lowest BCUT2D eigenvalue weighted by Crippen LogP contribution is -2.71. The summed E-state index contributed by atoms with van der Waals surface area (Å²) in [5.41, 5.74) is -2.58. The van der Waals surface area contributed by atoms with Gasteiger partial charge in [-0.2, -0.15) is 0 Å². The van der Waals surface area contributed by atoms with Crippen molar-refractivity contribution in [2.75, 3.05) is 6.61 Å². The molecule has 128 valence electrons. The van der Waals surface area contributed by atoms with Crippen molar-refractivity contribution in [3.8, 4) is 0 Å². The predicted octanol–water partition coefficient (Wildman–Crippen LogP) is 2.06. The van der Waals surface area contributed by atoms with Crippen LogP contribution in [0.2, 0.25) is 0 Å². The van der Waals surface area contributed by atoms with Gasteiger partial charge in [0.25, 0.3) is 0 Å². The fraction of sp³-hybridized carbons (Fsp3) is 0.611. The van der Waals surface area contributed by atoms with Crippen molar-refractivity contribution in [1.82, 2.24) is 0 Å². The van der Waals surface area contributed by atoms with Gasteiger partial charge in [0.15, 0.2) is 5.78 Å². The lowest BCUT2D eigenvalue weighted by Gasteiger charge is -2.59. The zero-order valence-electron chi connectivity index (χ0n) is 14.1. The van der Waals surface area contributed by atoms with E-state index in [1.165, 1.54) is 13.0 Å². The first-order valence-electron chi connectivity index (χ1n) is 8.02. The highest BCUT2D eigenvalue weighted by molar-refractivity contribution is 6.04. The third-order valence-corrected chi connectivity index (χ3v) is 5.23. The molecule has 5 atom stereocenters. The second-order valence-corrected chi connectivity index (χ2v) is 6.66. The molecule has 0 aliphatic heterocycles. The Kier molecular flexibility index (Phi) is 4.85. The number of carbonyl (C=O) groups is 1. The van der Waals surface area contributed by atoms with Crippen LogP contribution in [0.1, 0.15) is 34.1 Å². The normalized spacial score (nSPS) is 42.9. The van der Waals surface area contributed by atoms with Crippen molar-refractivity contribution in [3.05, 3.63) is 35.6 Å². The highest BCUT2D eigenvalue weighted by Crippen LogP contribution is 2.56. The molecule has 5 heteroatoms. The highest BCUT2D eigenvalue weighted by Gasteiger charge is 2.68. The lowest BCUT2D eigenvalue weighted by molar-refractivity contribution is -0.230.